The molecule has 0 aliphatic rings. The van der Waals surface area contributed by atoms with Crippen LogP contribution in [0, 0.1) is 0 Å². The van der Waals surface area contributed by atoms with Crippen molar-refractivity contribution in [3.05, 3.63) is 42.1 Å². The Morgan fingerprint density at radius 3 is 2.87 bits per heavy atom. The van der Waals surface area contributed by atoms with Crippen molar-refractivity contribution in [2.45, 2.75) is 12.8 Å². The molecule has 1 heterocycles. The summed E-state index contributed by atoms with van der Waals surface area (Å²) in [4.78, 5) is 14.8. The van der Waals surface area contributed by atoms with Crippen molar-refractivity contribution in [3.63, 3.8) is 0 Å². The number of aliphatic carboxylic acids is 1. The van der Waals surface area contributed by atoms with Crippen LogP contribution < -0.4 is 0 Å². The molecule has 15 heavy (non-hydrogen) atoms. The smallest absolute Gasteiger partial charge is 0.303 e. The molecular weight excluding hydrogens is 190 g/mol. The van der Waals surface area contributed by atoms with Crippen LogP contribution in [-0.2, 0) is 11.2 Å². The van der Waals surface area contributed by atoms with Crippen LogP contribution in [0.1, 0.15) is 12.0 Å². The molecule has 0 aliphatic heterocycles. The number of para-hydroxylation sites is 1. The number of benzene rings is 1. The van der Waals surface area contributed by atoms with Gasteiger partial charge in [-0.15, -0.1) is 0 Å². The highest BCUT2D eigenvalue weighted by Crippen LogP contribution is 2.17. The van der Waals surface area contributed by atoms with E-state index in [1.54, 1.807) is 6.20 Å². The van der Waals surface area contributed by atoms with Crippen LogP contribution in [0.4, 0.5) is 0 Å². The zero-order valence-corrected chi connectivity index (χ0v) is 8.18. The zero-order chi connectivity index (χ0) is 10.7. The molecule has 1 aromatic heterocycles. The number of nitrogens with zero attached hydrogens (tertiary/aromatic N) is 1. The van der Waals surface area contributed by atoms with Gasteiger partial charge in [-0.1, -0.05) is 24.3 Å². The Morgan fingerprint density at radius 1 is 1.27 bits per heavy atom. The van der Waals surface area contributed by atoms with Crippen molar-refractivity contribution < 1.29 is 9.90 Å². The van der Waals surface area contributed by atoms with E-state index in [-0.39, 0.29) is 6.42 Å². The van der Waals surface area contributed by atoms with Gasteiger partial charge in [-0.2, -0.15) is 0 Å². The van der Waals surface area contributed by atoms with Gasteiger partial charge < -0.3 is 5.11 Å². The number of rotatable bonds is 3. The quantitative estimate of drug-likeness (QED) is 0.828. The third-order valence-electron chi connectivity index (χ3n) is 2.32. The second-order valence-corrected chi connectivity index (χ2v) is 3.39. The highest BCUT2D eigenvalue weighted by molar-refractivity contribution is 5.82. The maximum absolute atomic E-state index is 10.5. The van der Waals surface area contributed by atoms with Crippen molar-refractivity contribution in [1.82, 2.24) is 4.98 Å². The number of aryl methyl sites for hydroxylation is 1. The van der Waals surface area contributed by atoms with Gasteiger partial charge in [-0.05, 0) is 18.1 Å². The third-order valence-corrected chi connectivity index (χ3v) is 2.32. The minimum absolute atomic E-state index is 0.148. The summed E-state index contributed by atoms with van der Waals surface area (Å²) in [7, 11) is 0. The lowest BCUT2D eigenvalue weighted by Gasteiger charge is -2.03. The van der Waals surface area contributed by atoms with Crippen LogP contribution in [0.25, 0.3) is 10.9 Å². The fourth-order valence-corrected chi connectivity index (χ4v) is 1.61. The molecule has 3 heteroatoms. The van der Waals surface area contributed by atoms with E-state index in [9.17, 15) is 4.79 Å². The monoisotopic (exact) mass is 201 g/mol. The lowest BCUT2D eigenvalue weighted by Crippen LogP contribution is -1.98. The predicted molar refractivity (Wildman–Crippen MR) is 57.7 cm³/mol. The lowest BCUT2D eigenvalue weighted by molar-refractivity contribution is -0.136. The van der Waals surface area contributed by atoms with Crippen molar-refractivity contribution in [3.8, 4) is 0 Å². The van der Waals surface area contributed by atoms with Gasteiger partial charge in [0.1, 0.15) is 0 Å². The number of hydrogen-bond donors (Lipinski definition) is 1. The first-order valence-electron chi connectivity index (χ1n) is 4.82. The minimum atomic E-state index is -0.775. The Balaban J connectivity index is 2.38. The van der Waals surface area contributed by atoms with Crippen molar-refractivity contribution in [2.24, 2.45) is 0 Å². The first-order chi connectivity index (χ1) is 7.27. The Morgan fingerprint density at radius 2 is 2.07 bits per heavy atom. The average Bonchev–Trinajstić information content (AvgIpc) is 2.26. The standard InChI is InChI=1S/C12H11NO2/c14-11(15)7-6-10-4-1-3-9-5-2-8-13-12(9)10/h1-5,8H,6-7H2,(H,14,15). The molecule has 0 bridgehead atoms. The van der Waals surface area contributed by atoms with Gasteiger partial charge in [0.2, 0.25) is 0 Å². The van der Waals surface area contributed by atoms with E-state index in [4.69, 9.17) is 5.11 Å². The molecule has 0 aliphatic carbocycles. The van der Waals surface area contributed by atoms with Crippen molar-refractivity contribution in [2.75, 3.05) is 0 Å². The van der Waals surface area contributed by atoms with Crippen molar-refractivity contribution in [1.29, 1.82) is 0 Å². The second kappa shape index (κ2) is 4.09. The van der Waals surface area contributed by atoms with Gasteiger partial charge in [0, 0.05) is 18.0 Å². The topological polar surface area (TPSA) is 50.2 Å². The van der Waals surface area contributed by atoms with Gasteiger partial charge in [-0.25, -0.2) is 0 Å². The zero-order valence-electron chi connectivity index (χ0n) is 8.18. The number of carboxylic acids is 1. The van der Waals surface area contributed by atoms with E-state index >= 15 is 0 Å². The summed E-state index contributed by atoms with van der Waals surface area (Å²) in [6, 6.07) is 9.70. The van der Waals surface area contributed by atoms with Gasteiger partial charge in [-0.3, -0.25) is 9.78 Å². The Bertz CT molecular complexity index is 488. The van der Waals surface area contributed by atoms with Gasteiger partial charge in [0.25, 0.3) is 0 Å². The first kappa shape index (κ1) is 9.65. The van der Waals surface area contributed by atoms with Crippen LogP contribution in [0.15, 0.2) is 36.5 Å². The lowest BCUT2D eigenvalue weighted by atomic mass is 10.1. The largest absolute Gasteiger partial charge is 0.481 e. The summed E-state index contributed by atoms with van der Waals surface area (Å²) in [5, 5.41) is 9.68. The molecule has 0 saturated carbocycles. The van der Waals surface area contributed by atoms with E-state index in [0.717, 1.165) is 16.5 Å². The predicted octanol–water partition coefficient (Wildman–Crippen LogP) is 2.25. The van der Waals surface area contributed by atoms with Crippen LogP contribution in [0.2, 0.25) is 0 Å². The summed E-state index contributed by atoms with van der Waals surface area (Å²) >= 11 is 0. The van der Waals surface area contributed by atoms with Gasteiger partial charge in [0.05, 0.1) is 5.52 Å². The molecule has 0 saturated heterocycles. The maximum Gasteiger partial charge on any atom is 0.303 e. The normalized spacial score (nSPS) is 10.4. The molecule has 3 nitrogen and oxygen atoms in total. The molecule has 76 valence electrons. The SMILES string of the molecule is O=C(O)CCc1cccc2cccnc12. The maximum atomic E-state index is 10.5. The number of carbonyl (C=O) groups is 1. The summed E-state index contributed by atoms with van der Waals surface area (Å²) in [6.07, 6.45) is 2.41. The number of pyridine rings is 1. The van der Waals surface area contributed by atoms with Gasteiger partial charge >= 0.3 is 5.97 Å². The molecule has 0 radical (unpaired) electrons. The molecule has 0 spiro atoms. The number of hydrogen-bond acceptors (Lipinski definition) is 2. The molecule has 0 amide bonds. The molecule has 2 aromatic rings. The number of aromatic nitrogens is 1. The van der Waals surface area contributed by atoms with E-state index in [0.29, 0.717) is 6.42 Å². The van der Waals surface area contributed by atoms with E-state index in [1.807, 2.05) is 30.3 Å². The summed E-state index contributed by atoms with van der Waals surface area (Å²) in [5.41, 5.74) is 1.90. The highest BCUT2D eigenvalue weighted by Gasteiger charge is 2.03. The fraction of sp³-hybridized carbons (Fsp3) is 0.167. The molecular formula is C12H11NO2. The first-order valence-corrected chi connectivity index (χ1v) is 4.82. The second-order valence-electron chi connectivity index (χ2n) is 3.39. The van der Waals surface area contributed by atoms with Gasteiger partial charge in [0.15, 0.2) is 0 Å². The molecule has 0 unspecified atom stereocenters. The number of fused-ring (bicyclic) bond motifs is 1. The molecule has 0 atom stereocenters. The summed E-state index contributed by atoms with van der Waals surface area (Å²) in [5.74, 6) is -0.775. The molecule has 0 fully saturated rings. The Kier molecular flexibility index (Phi) is 2.63. The minimum Gasteiger partial charge on any atom is -0.481 e. The third kappa shape index (κ3) is 2.13. The van der Waals surface area contributed by atoms with E-state index in [1.165, 1.54) is 0 Å². The average molecular weight is 201 g/mol. The number of carboxylic acid groups (broad SMARTS) is 1. The highest BCUT2D eigenvalue weighted by atomic mass is 16.4. The summed E-state index contributed by atoms with van der Waals surface area (Å²) < 4.78 is 0. The van der Waals surface area contributed by atoms with Crippen LogP contribution in [0.5, 0.6) is 0 Å². The molecule has 2 rings (SSSR count). The van der Waals surface area contributed by atoms with Crippen LogP contribution in [-0.4, -0.2) is 16.1 Å². The van der Waals surface area contributed by atoms with E-state index in [2.05, 4.69) is 4.98 Å². The van der Waals surface area contributed by atoms with E-state index < -0.39 is 5.97 Å². The summed E-state index contributed by atoms with van der Waals surface area (Å²) in [6.45, 7) is 0. The Labute approximate surface area is 87.4 Å². The fourth-order valence-electron chi connectivity index (χ4n) is 1.61. The molecule has 1 N–H and O–H groups in total. The Hall–Kier alpha value is -1.90. The van der Waals surface area contributed by atoms with Crippen LogP contribution >= 0.6 is 0 Å². The molecule has 1 aromatic carbocycles. The van der Waals surface area contributed by atoms with Crippen LogP contribution in [0.3, 0.4) is 0 Å². The van der Waals surface area contributed by atoms with Crippen molar-refractivity contribution >= 4 is 16.9 Å².